The van der Waals surface area contributed by atoms with Gasteiger partial charge in [0.1, 0.15) is 5.75 Å². The predicted molar refractivity (Wildman–Crippen MR) is 91.7 cm³/mol. The molecule has 0 bridgehead atoms. The monoisotopic (exact) mass is 388 g/mol. The number of alkyl halides is 1. The normalized spacial score (nSPS) is 28.1. The minimum Gasteiger partial charge on any atom is -0.497 e. The fraction of sp³-hybridized carbons (Fsp3) is 0.647. The van der Waals surface area contributed by atoms with Crippen molar-refractivity contribution in [2.24, 2.45) is 11.8 Å². The minimum absolute atomic E-state index is 0.201. The Hall–Kier alpha value is -0.290. The lowest BCUT2D eigenvalue weighted by Crippen LogP contribution is -2.28. The molecule has 0 radical (unpaired) electrons. The molecule has 0 aliphatic heterocycles. The molecular formula is C17H25IO2. The van der Waals surface area contributed by atoms with Gasteiger partial charge >= 0.3 is 0 Å². The van der Waals surface area contributed by atoms with E-state index in [1.807, 2.05) is 12.1 Å². The highest BCUT2D eigenvalue weighted by molar-refractivity contribution is 14.1. The minimum atomic E-state index is 0.201. The van der Waals surface area contributed by atoms with E-state index in [-0.39, 0.29) is 6.10 Å². The van der Waals surface area contributed by atoms with Crippen molar-refractivity contribution in [3.8, 4) is 5.75 Å². The van der Waals surface area contributed by atoms with E-state index >= 15 is 0 Å². The van der Waals surface area contributed by atoms with E-state index in [4.69, 9.17) is 9.47 Å². The fourth-order valence-electron chi connectivity index (χ4n) is 2.88. The van der Waals surface area contributed by atoms with Crippen LogP contribution in [-0.2, 0) is 4.74 Å². The van der Waals surface area contributed by atoms with Gasteiger partial charge in [-0.25, -0.2) is 0 Å². The van der Waals surface area contributed by atoms with Crippen molar-refractivity contribution in [3.05, 3.63) is 29.8 Å². The zero-order valence-corrected chi connectivity index (χ0v) is 14.8. The number of hydrogen-bond acceptors (Lipinski definition) is 2. The van der Waals surface area contributed by atoms with Gasteiger partial charge < -0.3 is 9.47 Å². The Kier molecular flexibility index (Phi) is 6.15. The molecule has 0 heterocycles. The molecule has 1 saturated carbocycles. The molecule has 112 valence electrons. The summed E-state index contributed by atoms with van der Waals surface area (Å²) in [6.07, 6.45) is 4.32. The second-order valence-electron chi connectivity index (χ2n) is 5.94. The maximum absolute atomic E-state index is 6.37. The second kappa shape index (κ2) is 7.64. The summed E-state index contributed by atoms with van der Waals surface area (Å²) in [4.78, 5) is 0. The first kappa shape index (κ1) is 16.1. The quantitative estimate of drug-likeness (QED) is 0.521. The fourth-order valence-corrected chi connectivity index (χ4v) is 3.59. The molecule has 0 saturated heterocycles. The summed E-state index contributed by atoms with van der Waals surface area (Å²) in [5.41, 5.74) is 1.26. The molecule has 1 aromatic carbocycles. The number of methoxy groups -OCH3 is 1. The maximum Gasteiger partial charge on any atom is 0.118 e. The van der Waals surface area contributed by atoms with Gasteiger partial charge in [0.2, 0.25) is 0 Å². The van der Waals surface area contributed by atoms with E-state index in [9.17, 15) is 0 Å². The molecule has 1 aliphatic carbocycles. The van der Waals surface area contributed by atoms with E-state index in [0.717, 1.165) is 22.0 Å². The van der Waals surface area contributed by atoms with Gasteiger partial charge in [-0.05, 0) is 48.8 Å². The standard InChI is InChI=1S/C17H25IO2/c1-12-4-7-16(10-13(12)2)20-17(11-18)14-5-8-15(19-3)9-6-14/h5-6,8-9,12-13,16-17H,4,7,10-11H2,1-3H3. The highest BCUT2D eigenvalue weighted by Crippen LogP contribution is 2.34. The van der Waals surface area contributed by atoms with E-state index < -0.39 is 0 Å². The third-order valence-corrected chi connectivity index (χ3v) is 5.33. The molecule has 0 aromatic heterocycles. The van der Waals surface area contributed by atoms with E-state index in [1.165, 1.54) is 24.8 Å². The molecule has 3 heteroatoms. The lowest BCUT2D eigenvalue weighted by Gasteiger charge is -2.34. The molecule has 4 atom stereocenters. The van der Waals surface area contributed by atoms with Gasteiger partial charge in [0.25, 0.3) is 0 Å². The van der Waals surface area contributed by atoms with Crippen LogP contribution in [0.25, 0.3) is 0 Å². The summed E-state index contributed by atoms with van der Waals surface area (Å²) in [7, 11) is 1.70. The number of rotatable bonds is 5. The third kappa shape index (κ3) is 4.10. The summed E-state index contributed by atoms with van der Waals surface area (Å²) in [5, 5.41) is 0. The molecule has 4 unspecified atom stereocenters. The molecule has 0 N–H and O–H groups in total. The van der Waals surface area contributed by atoms with Crippen molar-refractivity contribution < 1.29 is 9.47 Å². The molecule has 0 amide bonds. The Labute approximate surface area is 136 Å². The summed E-state index contributed by atoms with van der Waals surface area (Å²) < 4.78 is 12.6. The predicted octanol–water partition coefficient (Wildman–Crippen LogP) is 5.01. The number of benzene rings is 1. The lowest BCUT2D eigenvalue weighted by molar-refractivity contribution is -0.0377. The summed E-state index contributed by atoms with van der Waals surface area (Å²) in [5.74, 6) is 2.52. The van der Waals surface area contributed by atoms with Crippen molar-refractivity contribution in [1.82, 2.24) is 0 Å². The van der Waals surface area contributed by atoms with Crippen LogP contribution < -0.4 is 4.74 Å². The number of halogens is 1. The molecule has 2 rings (SSSR count). The van der Waals surface area contributed by atoms with Gasteiger partial charge in [0, 0.05) is 4.43 Å². The van der Waals surface area contributed by atoms with E-state index in [2.05, 4.69) is 48.6 Å². The largest absolute Gasteiger partial charge is 0.497 e. The van der Waals surface area contributed by atoms with Gasteiger partial charge in [0.05, 0.1) is 19.3 Å². The topological polar surface area (TPSA) is 18.5 Å². The maximum atomic E-state index is 6.37. The van der Waals surface area contributed by atoms with Crippen LogP contribution in [0.2, 0.25) is 0 Å². The van der Waals surface area contributed by atoms with Crippen molar-refractivity contribution in [3.63, 3.8) is 0 Å². The van der Waals surface area contributed by atoms with Crippen molar-refractivity contribution in [2.75, 3.05) is 11.5 Å². The number of ether oxygens (including phenoxy) is 2. The Morgan fingerprint density at radius 1 is 1.15 bits per heavy atom. The first-order valence-electron chi connectivity index (χ1n) is 7.49. The average Bonchev–Trinajstić information content (AvgIpc) is 2.48. The van der Waals surface area contributed by atoms with Gasteiger partial charge in [-0.2, -0.15) is 0 Å². The molecule has 1 fully saturated rings. The summed E-state index contributed by atoms with van der Waals surface area (Å²) in [6.45, 7) is 4.72. The number of hydrogen-bond donors (Lipinski definition) is 0. The third-order valence-electron chi connectivity index (χ3n) is 4.53. The first-order valence-corrected chi connectivity index (χ1v) is 9.02. The van der Waals surface area contributed by atoms with Crippen molar-refractivity contribution in [2.45, 2.75) is 45.3 Å². The Morgan fingerprint density at radius 2 is 1.85 bits per heavy atom. The Bertz CT molecular complexity index is 404. The summed E-state index contributed by atoms with van der Waals surface area (Å²) in [6, 6.07) is 8.28. The highest BCUT2D eigenvalue weighted by atomic mass is 127. The van der Waals surface area contributed by atoms with Gasteiger partial charge in [0.15, 0.2) is 0 Å². The van der Waals surface area contributed by atoms with E-state index in [1.54, 1.807) is 7.11 Å². The summed E-state index contributed by atoms with van der Waals surface area (Å²) >= 11 is 2.42. The van der Waals surface area contributed by atoms with Crippen molar-refractivity contribution in [1.29, 1.82) is 0 Å². The SMILES string of the molecule is COc1ccc(C(CI)OC2CCC(C)C(C)C2)cc1. The average molecular weight is 388 g/mol. The zero-order valence-electron chi connectivity index (χ0n) is 12.6. The zero-order chi connectivity index (χ0) is 14.5. The van der Waals surface area contributed by atoms with Crippen LogP contribution in [0, 0.1) is 11.8 Å². The molecule has 1 aromatic rings. The van der Waals surface area contributed by atoms with E-state index in [0.29, 0.717) is 6.10 Å². The van der Waals surface area contributed by atoms with Crippen LogP contribution in [0.5, 0.6) is 5.75 Å². The molecule has 2 nitrogen and oxygen atoms in total. The van der Waals surface area contributed by atoms with Gasteiger partial charge in [-0.3, -0.25) is 0 Å². The van der Waals surface area contributed by atoms with Crippen LogP contribution >= 0.6 is 22.6 Å². The molecular weight excluding hydrogens is 363 g/mol. The van der Waals surface area contributed by atoms with Crippen LogP contribution in [-0.4, -0.2) is 17.6 Å². The van der Waals surface area contributed by atoms with Crippen LogP contribution in [0.15, 0.2) is 24.3 Å². The highest BCUT2D eigenvalue weighted by Gasteiger charge is 2.27. The van der Waals surface area contributed by atoms with Crippen molar-refractivity contribution >= 4 is 22.6 Å². The molecule has 20 heavy (non-hydrogen) atoms. The molecule has 0 spiro atoms. The van der Waals surface area contributed by atoms with Crippen LogP contribution in [0.4, 0.5) is 0 Å². The van der Waals surface area contributed by atoms with Crippen LogP contribution in [0.1, 0.15) is 44.8 Å². The molecule has 1 aliphatic rings. The second-order valence-corrected chi connectivity index (χ2v) is 6.82. The van der Waals surface area contributed by atoms with Gasteiger partial charge in [-0.1, -0.05) is 48.6 Å². The smallest absolute Gasteiger partial charge is 0.118 e. The first-order chi connectivity index (χ1) is 9.63. The van der Waals surface area contributed by atoms with Crippen LogP contribution in [0.3, 0.4) is 0 Å². The Balaban J connectivity index is 1.97. The Morgan fingerprint density at radius 3 is 2.40 bits per heavy atom. The lowest BCUT2D eigenvalue weighted by atomic mass is 9.80. The van der Waals surface area contributed by atoms with Gasteiger partial charge in [-0.15, -0.1) is 0 Å².